The molecule has 1 fully saturated rings. The van der Waals surface area contributed by atoms with E-state index in [1.165, 1.54) is 0 Å². The summed E-state index contributed by atoms with van der Waals surface area (Å²) in [5.41, 5.74) is 1.55. The monoisotopic (exact) mass is 259 g/mol. The minimum atomic E-state index is -0.444. The maximum absolute atomic E-state index is 12.0. The van der Waals surface area contributed by atoms with Gasteiger partial charge in [-0.15, -0.1) is 0 Å². The van der Waals surface area contributed by atoms with Crippen molar-refractivity contribution in [2.45, 2.75) is 31.5 Å². The Morgan fingerprint density at radius 3 is 2.74 bits per heavy atom. The number of aliphatic hydroxyl groups excluding tert-OH is 1. The number of aliphatic hydroxyl groups is 1. The van der Waals surface area contributed by atoms with Gasteiger partial charge in [-0.1, -0.05) is 12.1 Å². The molecule has 2 rings (SSSR count). The van der Waals surface area contributed by atoms with Crippen LogP contribution >= 0.6 is 0 Å². The lowest BCUT2D eigenvalue weighted by atomic mass is 10.1. The minimum Gasteiger partial charge on any atom is -0.392 e. The van der Waals surface area contributed by atoms with Gasteiger partial charge in [0.1, 0.15) is 0 Å². The summed E-state index contributed by atoms with van der Waals surface area (Å²) in [7, 11) is 0. The Morgan fingerprint density at radius 1 is 1.53 bits per heavy atom. The van der Waals surface area contributed by atoms with Crippen LogP contribution in [0, 0.1) is 11.3 Å². The van der Waals surface area contributed by atoms with Crippen LogP contribution in [0.2, 0.25) is 0 Å². The van der Waals surface area contributed by atoms with Crippen molar-refractivity contribution in [1.82, 2.24) is 10.6 Å². The average Bonchev–Trinajstić information content (AvgIpc) is 2.85. The lowest BCUT2D eigenvalue weighted by Crippen LogP contribution is -2.41. The molecule has 3 atom stereocenters. The number of hydrogen-bond acceptors (Lipinski definition) is 4. The van der Waals surface area contributed by atoms with Crippen LogP contribution in [0.1, 0.15) is 30.5 Å². The SMILES string of the molecule is C[C@H](NC(=O)C1CC(O)CN1)c1ccc(C#N)cc1. The van der Waals surface area contributed by atoms with E-state index in [4.69, 9.17) is 5.26 Å². The average molecular weight is 259 g/mol. The maximum Gasteiger partial charge on any atom is 0.237 e. The third-order valence-electron chi connectivity index (χ3n) is 3.32. The second kappa shape index (κ2) is 5.83. The van der Waals surface area contributed by atoms with Crippen molar-refractivity contribution in [3.8, 4) is 6.07 Å². The van der Waals surface area contributed by atoms with Crippen molar-refractivity contribution < 1.29 is 9.90 Å². The Morgan fingerprint density at radius 2 is 2.21 bits per heavy atom. The summed E-state index contributed by atoms with van der Waals surface area (Å²) in [6.45, 7) is 2.36. The lowest BCUT2D eigenvalue weighted by Gasteiger charge is -2.17. The van der Waals surface area contributed by atoms with Crippen molar-refractivity contribution >= 4 is 5.91 Å². The van der Waals surface area contributed by atoms with Gasteiger partial charge in [0.15, 0.2) is 0 Å². The van der Waals surface area contributed by atoms with Gasteiger partial charge in [0.2, 0.25) is 5.91 Å². The van der Waals surface area contributed by atoms with Crippen molar-refractivity contribution in [1.29, 1.82) is 5.26 Å². The summed E-state index contributed by atoms with van der Waals surface area (Å²) in [4.78, 5) is 12.0. The van der Waals surface area contributed by atoms with E-state index < -0.39 is 6.10 Å². The van der Waals surface area contributed by atoms with Crippen LogP contribution < -0.4 is 10.6 Å². The van der Waals surface area contributed by atoms with E-state index in [9.17, 15) is 9.90 Å². The molecule has 100 valence electrons. The van der Waals surface area contributed by atoms with Crippen molar-refractivity contribution in [2.24, 2.45) is 0 Å². The highest BCUT2D eigenvalue weighted by molar-refractivity contribution is 5.82. The van der Waals surface area contributed by atoms with Gasteiger partial charge < -0.3 is 15.7 Å². The van der Waals surface area contributed by atoms with E-state index in [2.05, 4.69) is 16.7 Å². The first kappa shape index (κ1) is 13.5. The number of nitrogens with one attached hydrogen (secondary N) is 2. The van der Waals surface area contributed by atoms with Crippen molar-refractivity contribution in [2.75, 3.05) is 6.54 Å². The summed E-state index contributed by atoms with van der Waals surface area (Å²) < 4.78 is 0. The molecular weight excluding hydrogens is 242 g/mol. The van der Waals surface area contributed by atoms with Crippen LogP contribution in [0.3, 0.4) is 0 Å². The second-order valence-electron chi connectivity index (χ2n) is 4.81. The van der Waals surface area contributed by atoms with Crippen molar-refractivity contribution in [3.63, 3.8) is 0 Å². The maximum atomic E-state index is 12.0. The highest BCUT2D eigenvalue weighted by Gasteiger charge is 2.28. The van der Waals surface area contributed by atoms with E-state index >= 15 is 0 Å². The van der Waals surface area contributed by atoms with Crippen LogP contribution in [0.5, 0.6) is 0 Å². The van der Waals surface area contributed by atoms with Gasteiger partial charge in [-0.25, -0.2) is 0 Å². The van der Waals surface area contributed by atoms with Crippen molar-refractivity contribution in [3.05, 3.63) is 35.4 Å². The summed E-state index contributed by atoms with van der Waals surface area (Å²) in [5, 5.41) is 24.0. The highest BCUT2D eigenvalue weighted by atomic mass is 16.3. The first-order valence-electron chi connectivity index (χ1n) is 6.32. The summed E-state index contributed by atoms with van der Waals surface area (Å²) in [5.74, 6) is -0.103. The predicted octanol–water partition coefficient (Wildman–Crippen LogP) is 0.458. The number of carbonyl (C=O) groups excluding carboxylic acids is 1. The van der Waals surface area contributed by atoms with Gasteiger partial charge in [-0.3, -0.25) is 4.79 Å². The number of carbonyl (C=O) groups is 1. The summed E-state index contributed by atoms with van der Waals surface area (Å²) >= 11 is 0. The standard InChI is InChI=1S/C14H17N3O2/c1-9(11-4-2-10(7-15)3-5-11)17-14(19)13-6-12(18)8-16-13/h2-5,9,12-13,16,18H,6,8H2,1H3,(H,17,19)/t9-,12?,13?/m0/s1. The molecule has 0 saturated carbocycles. The molecule has 1 heterocycles. The minimum absolute atomic E-state index is 0.103. The Balaban J connectivity index is 1.94. The van der Waals surface area contributed by atoms with Gasteiger partial charge in [0.25, 0.3) is 0 Å². The topological polar surface area (TPSA) is 85.2 Å². The molecule has 0 spiro atoms. The summed E-state index contributed by atoms with van der Waals surface area (Å²) in [6, 6.07) is 8.74. The molecule has 0 radical (unpaired) electrons. The molecule has 0 bridgehead atoms. The number of amides is 1. The molecule has 0 aromatic heterocycles. The molecule has 5 heteroatoms. The van der Waals surface area contributed by atoms with Gasteiger partial charge in [0.05, 0.1) is 29.8 Å². The van der Waals surface area contributed by atoms with Crippen LogP contribution in [0.25, 0.3) is 0 Å². The quantitative estimate of drug-likeness (QED) is 0.736. The van der Waals surface area contributed by atoms with Crippen LogP contribution in [0.15, 0.2) is 24.3 Å². The fourth-order valence-electron chi connectivity index (χ4n) is 2.16. The van der Waals surface area contributed by atoms with E-state index in [-0.39, 0.29) is 18.0 Å². The van der Waals surface area contributed by atoms with Gasteiger partial charge in [-0.05, 0) is 31.0 Å². The Kier molecular flexibility index (Phi) is 4.15. The highest BCUT2D eigenvalue weighted by Crippen LogP contribution is 2.14. The molecule has 3 N–H and O–H groups in total. The zero-order valence-electron chi connectivity index (χ0n) is 10.8. The fraction of sp³-hybridized carbons (Fsp3) is 0.429. The van der Waals surface area contributed by atoms with Crippen LogP contribution in [-0.2, 0) is 4.79 Å². The van der Waals surface area contributed by atoms with E-state index in [0.29, 0.717) is 18.5 Å². The van der Waals surface area contributed by atoms with Gasteiger partial charge >= 0.3 is 0 Å². The number of nitriles is 1. The molecule has 1 saturated heterocycles. The lowest BCUT2D eigenvalue weighted by molar-refractivity contribution is -0.123. The molecule has 2 unspecified atom stereocenters. The molecule has 1 aromatic rings. The third-order valence-corrected chi connectivity index (χ3v) is 3.32. The number of nitrogens with zero attached hydrogens (tertiary/aromatic N) is 1. The Bertz CT molecular complexity index is 492. The van der Waals surface area contributed by atoms with E-state index in [0.717, 1.165) is 5.56 Å². The molecule has 0 aliphatic carbocycles. The van der Waals surface area contributed by atoms with Gasteiger partial charge in [-0.2, -0.15) is 5.26 Å². The Labute approximate surface area is 112 Å². The molecule has 1 amide bonds. The zero-order chi connectivity index (χ0) is 13.8. The number of β-amino-alcohol motifs (C(OH)–C–C–N with tert-alkyl or cyclic N) is 1. The normalized spacial score (nSPS) is 23.6. The molecule has 1 aromatic carbocycles. The predicted molar refractivity (Wildman–Crippen MR) is 70.1 cm³/mol. The van der Waals surface area contributed by atoms with Gasteiger partial charge in [0, 0.05) is 6.54 Å². The second-order valence-corrected chi connectivity index (χ2v) is 4.81. The van der Waals surface area contributed by atoms with Crippen LogP contribution in [0.4, 0.5) is 0 Å². The molecule has 19 heavy (non-hydrogen) atoms. The Hall–Kier alpha value is -1.90. The molecule has 1 aliphatic rings. The molecule has 5 nitrogen and oxygen atoms in total. The first-order chi connectivity index (χ1) is 9.10. The molecular formula is C14H17N3O2. The van der Waals surface area contributed by atoms with E-state index in [1.54, 1.807) is 12.1 Å². The number of rotatable bonds is 3. The zero-order valence-corrected chi connectivity index (χ0v) is 10.8. The largest absolute Gasteiger partial charge is 0.392 e. The van der Waals surface area contributed by atoms with Crippen LogP contribution in [-0.4, -0.2) is 29.7 Å². The summed E-state index contributed by atoms with van der Waals surface area (Å²) in [6.07, 6.45) is 0.00677. The fourth-order valence-corrected chi connectivity index (χ4v) is 2.16. The number of benzene rings is 1. The smallest absolute Gasteiger partial charge is 0.237 e. The third kappa shape index (κ3) is 3.31. The number of hydrogen-bond donors (Lipinski definition) is 3. The first-order valence-corrected chi connectivity index (χ1v) is 6.32. The van der Waals surface area contributed by atoms with E-state index in [1.807, 2.05) is 19.1 Å². The molecule has 1 aliphatic heterocycles.